The third-order valence-electron chi connectivity index (χ3n) is 6.19. The van der Waals surface area contributed by atoms with Gasteiger partial charge in [0.1, 0.15) is 0 Å². The predicted molar refractivity (Wildman–Crippen MR) is 124 cm³/mol. The zero-order chi connectivity index (χ0) is 23.0. The molecule has 0 N–H and O–H groups in total. The molecule has 4 rings (SSSR count). The molecule has 2 aromatic carbocycles. The number of aromatic nitrogens is 2. The summed E-state index contributed by atoms with van der Waals surface area (Å²) in [5.41, 5.74) is 3.10. The number of rotatable bonds is 7. The van der Waals surface area contributed by atoms with Gasteiger partial charge in [-0.3, -0.25) is 13.9 Å². The fourth-order valence-corrected chi connectivity index (χ4v) is 5.94. The summed E-state index contributed by atoms with van der Waals surface area (Å²) in [5, 5.41) is 0. The summed E-state index contributed by atoms with van der Waals surface area (Å²) in [6, 6.07) is 12.5. The van der Waals surface area contributed by atoms with E-state index in [1.54, 1.807) is 39.3 Å². The smallest absolute Gasteiger partial charge is 0.312 e. The molecule has 3 aromatic rings. The molecule has 2 heterocycles. The number of hydrogen-bond acceptors (Lipinski definition) is 4. The van der Waals surface area contributed by atoms with Gasteiger partial charge in [-0.1, -0.05) is 26.0 Å². The summed E-state index contributed by atoms with van der Waals surface area (Å²) in [6.07, 6.45) is 0.795. The van der Waals surface area contributed by atoms with Gasteiger partial charge in [-0.05, 0) is 42.3 Å². The number of benzene rings is 2. The van der Waals surface area contributed by atoms with Crippen LogP contribution in [0, 0.1) is 0 Å². The summed E-state index contributed by atoms with van der Waals surface area (Å²) in [4.78, 5) is 27.5. The normalized spacial score (nSPS) is 13.8. The Hall–Kier alpha value is -2.91. The molecule has 0 spiro atoms. The highest BCUT2D eigenvalue weighted by molar-refractivity contribution is 7.89. The van der Waals surface area contributed by atoms with Crippen molar-refractivity contribution in [3.05, 3.63) is 58.5 Å². The highest BCUT2D eigenvalue weighted by Gasteiger charge is 2.28. The Labute approximate surface area is 187 Å². The van der Waals surface area contributed by atoms with E-state index in [2.05, 4.69) is 0 Å². The molecular weight excluding hydrogens is 428 g/mol. The Morgan fingerprint density at radius 3 is 2.44 bits per heavy atom. The monoisotopic (exact) mass is 456 g/mol. The highest BCUT2D eigenvalue weighted by Crippen LogP contribution is 2.31. The minimum absolute atomic E-state index is 0.0806. The minimum Gasteiger partial charge on any atom is -0.312 e. The van der Waals surface area contributed by atoms with Crippen molar-refractivity contribution in [1.82, 2.24) is 13.4 Å². The highest BCUT2D eigenvalue weighted by atomic mass is 32.2. The molecule has 0 aliphatic carbocycles. The topological polar surface area (TPSA) is 84.6 Å². The first kappa shape index (κ1) is 22.3. The first-order valence-electron chi connectivity index (χ1n) is 10.9. The summed E-state index contributed by atoms with van der Waals surface area (Å²) in [7, 11) is -1.81. The summed E-state index contributed by atoms with van der Waals surface area (Å²) in [6.45, 7) is 5.25. The second kappa shape index (κ2) is 8.55. The Morgan fingerprint density at radius 1 is 1.06 bits per heavy atom. The van der Waals surface area contributed by atoms with E-state index >= 15 is 0 Å². The van der Waals surface area contributed by atoms with Gasteiger partial charge < -0.3 is 4.90 Å². The van der Waals surface area contributed by atoms with Crippen molar-refractivity contribution < 1.29 is 13.2 Å². The third-order valence-corrected chi connectivity index (χ3v) is 8.24. The summed E-state index contributed by atoms with van der Waals surface area (Å²) >= 11 is 0. The number of carbonyl (C=O) groups excluding carboxylic acids is 1. The maximum absolute atomic E-state index is 13.0. The van der Waals surface area contributed by atoms with Crippen LogP contribution in [-0.4, -0.2) is 47.4 Å². The van der Waals surface area contributed by atoms with Crippen LogP contribution in [-0.2, 0) is 34.8 Å². The zero-order valence-corrected chi connectivity index (χ0v) is 19.4. The van der Waals surface area contributed by atoms with Gasteiger partial charge in [0, 0.05) is 45.3 Å². The molecule has 0 radical (unpaired) electrons. The van der Waals surface area contributed by atoms with Crippen molar-refractivity contribution in [3.63, 3.8) is 0 Å². The maximum atomic E-state index is 13.0. The van der Waals surface area contributed by atoms with Gasteiger partial charge in [-0.2, -0.15) is 4.31 Å². The van der Waals surface area contributed by atoms with Crippen molar-refractivity contribution in [2.75, 3.05) is 24.5 Å². The number of anilines is 1. The predicted octanol–water partition coefficient (Wildman–Crippen LogP) is 2.35. The lowest BCUT2D eigenvalue weighted by molar-refractivity contribution is -0.118. The number of aryl methyl sites for hydroxylation is 2. The fourth-order valence-electron chi connectivity index (χ4n) is 4.43. The van der Waals surface area contributed by atoms with E-state index in [-0.39, 0.29) is 22.9 Å². The maximum Gasteiger partial charge on any atom is 0.328 e. The number of fused-ring (bicyclic) bond motifs is 2. The van der Waals surface area contributed by atoms with Crippen LogP contribution in [0.4, 0.5) is 5.69 Å². The van der Waals surface area contributed by atoms with Gasteiger partial charge in [0.25, 0.3) is 0 Å². The molecule has 0 atom stereocenters. The first-order chi connectivity index (χ1) is 15.3. The van der Waals surface area contributed by atoms with Gasteiger partial charge in [0.2, 0.25) is 15.9 Å². The summed E-state index contributed by atoms with van der Waals surface area (Å²) < 4.78 is 30.3. The SMILES string of the molecule is CCN(CC)S(=O)(=O)c1ccc2c(c1)CCN2C(=O)CCn1c(=O)n(C)c2ccccc21. The van der Waals surface area contributed by atoms with Gasteiger partial charge in [0.15, 0.2) is 0 Å². The molecule has 1 aliphatic heterocycles. The number of amides is 1. The van der Waals surface area contributed by atoms with E-state index in [1.807, 2.05) is 38.1 Å². The quantitative estimate of drug-likeness (QED) is 0.546. The van der Waals surface area contributed by atoms with Crippen LogP contribution in [0.2, 0.25) is 0 Å². The van der Waals surface area contributed by atoms with Gasteiger partial charge in [-0.15, -0.1) is 0 Å². The van der Waals surface area contributed by atoms with Gasteiger partial charge >= 0.3 is 5.69 Å². The van der Waals surface area contributed by atoms with Crippen LogP contribution in [0.15, 0.2) is 52.2 Å². The standard InChI is InChI=1S/C23H28N4O4S/c1-4-25(5-2)32(30,31)18-10-11-19-17(16-18)12-14-26(19)22(28)13-15-27-21-9-7-6-8-20(21)24(3)23(27)29/h6-11,16H,4-5,12-15H2,1-3H3. The number of para-hydroxylation sites is 2. The van der Waals surface area contributed by atoms with E-state index in [9.17, 15) is 18.0 Å². The second-order valence-electron chi connectivity index (χ2n) is 7.91. The molecule has 0 bridgehead atoms. The second-order valence-corrected chi connectivity index (χ2v) is 9.85. The van der Waals surface area contributed by atoms with Gasteiger partial charge in [0.05, 0.1) is 15.9 Å². The molecule has 170 valence electrons. The van der Waals surface area contributed by atoms with Crippen LogP contribution >= 0.6 is 0 Å². The molecule has 1 aliphatic rings. The molecular formula is C23H28N4O4S. The van der Waals surface area contributed by atoms with Gasteiger partial charge in [-0.25, -0.2) is 13.2 Å². The largest absolute Gasteiger partial charge is 0.328 e. The number of nitrogens with zero attached hydrogens (tertiary/aromatic N) is 4. The van der Waals surface area contributed by atoms with Crippen LogP contribution in [0.1, 0.15) is 25.8 Å². The molecule has 0 saturated heterocycles. The molecule has 32 heavy (non-hydrogen) atoms. The number of sulfonamides is 1. The Balaban J connectivity index is 1.54. The van der Waals surface area contributed by atoms with Crippen molar-refractivity contribution >= 4 is 32.7 Å². The molecule has 0 saturated carbocycles. The van der Waals surface area contributed by atoms with Crippen LogP contribution < -0.4 is 10.6 Å². The van der Waals surface area contributed by atoms with Crippen molar-refractivity contribution in [2.24, 2.45) is 7.05 Å². The lowest BCUT2D eigenvalue weighted by Gasteiger charge is -2.20. The number of carbonyl (C=O) groups is 1. The first-order valence-corrected chi connectivity index (χ1v) is 12.3. The fraction of sp³-hybridized carbons (Fsp3) is 0.391. The molecule has 9 heteroatoms. The van der Waals surface area contributed by atoms with E-state index in [0.29, 0.717) is 32.6 Å². The molecule has 1 aromatic heterocycles. The minimum atomic E-state index is -3.54. The average Bonchev–Trinajstić information content (AvgIpc) is 3.32. The van der Waals surface area contributed by atoms with E-state index in [0.717, 1.165) is 22.3 Å². The average molecular weight is 457 g/mol. The van der Waals surface area contributed by atoms with Crippen LogP contribution in [0.3, 0.4) is 0 Å². The van der Waals surface area contributed by atoms with E-state index < -0.39 is 10.0 Å². The summed E-state index contributed by atoms with van der Waals surface area (Å²) in [5.74, 6) is -0.0806. The van der Waals surface area contributed by atoms with E-state index in [4.69, 9.17) is 0 Å². The van der Waals surface area contributed by atoms with E-state index in [1.165, 1.54) is 4.31 Å². The molecule has 0 unspecified atom stereocenters. The Kier molecular flexibility index (Phi) is 5.96. The van der Waals surface area contributed by atoms with Crippen LogP contribution in [0.25, 0.3) is 11.0 Å². The van der Waals surface area contributed by atoms with Crippen molar-refractivity contribution in [1.29, 1.82) is 0 Å². The lowest BCUT2D eigenvalue weighted by Crippen LogP contribution is -2.31. The Bertz CT molecular complexity index is 1340. The molecule has 8 nitrogen and oxygen atoms in total. The number of hydrogen-bond donors (Lipinski definition) is 0. The van der Waals surface area contributed by atoms with Crippen molar-refractivity contribution in [2.45, 2.75) is 38.1 Å². The molecule has 1 amide bonds. The van der Waals surface area contributed by atoms with Crippen LogP contribution in [0.5, 0.6) is 0 Å². The zero-order valence-electron chi connectivity index (χ0n) is 18.6. The number of imidazole rings is 1. The third kappa shape index (κ3) is 3.65. The Morgan fingerprint density at radius 2 is 1.75 bits per heavy atom. The lowest BCUT2D eigenvalue weighted by atomic mass is 10.2. The molecule has 0 fully saturated rings. The van der Waals surface area contributed by atoms with Crippen molar-refractivity contribution in [3.8, 4) is 0 Å².